The molecule has 5 nitrogen and oxygen atoms in total. The number of aryl methyl sites for hydroxylation is 1. The first-order chi connectivity index (χ1) is 17.0. The van der Waals surface area contributed by atoms with E-state index in [4.69, 9.17) is 0 Å². The molecule has 1 fully saturated rings. The number of amides is 2. The number of para-hydroxylation sites is 1. The zero-order chi connectivity index (χ0) is 24.4. The third-order valence-electron chi connectivity index (χ3n) is 7.82. The van der Waals surface area contributed by atoms with Crippen LogP contribution in [0.5, 0.6) is 0 Å². The van der Waals surface area contributed by atoms with Crippen molar-refractivity contribution >= 4 is 22.7 Å². The summed E-state index contributed by atoms with van der Waals surface area (Å²) in [5.74, 6) is 0.874. The minimum Gasteiger partial charge on any atom is -0.353 e. The fraction of sp³-hybridized carbons (Fsp3) is 0.467. The monoisotopic (exact) mass is 471 g/mol. The molecule has 2 aliphatic rings. The van der Waals surface area contributed by atoms with Gasteiger partial charge in [-0.05, 0) is 81.5 Å². The minimum atomic E-state index is 0.172. The Bertz CT molecular complexity index is 1200. The Morgan fingerprint density at radius 2 is 1.77 bits per heavy atom. The van der Waals surface area contributed by atoms with E-state index in [1.54, 1.807) is 0 Å². The van der Waals surface area contributed by atoms with E-state index in [0.29, 0.717) is 18.4 Å². The predicted octanol–water partition coefficient (Wildman–Crippen LogP) is 5.88. The lowest BCUT2D eigenvalue weighted by atomic mass is 9.85. The van der Waals surface area contributed by atoms with E-state index < -0.39 is 0 Å². The molecule has 5 heteroatoms. The van der Waals surface area contributed by atoms with Gasteiger partial charge in [-0.15, -0.1) is 0 Å². The van der Waals surface area contributed by atoms with Gasteiger partial charge in [-0.25, -0.2) is 0 Å². The molecule has 1 aliphatic carbocycles. The fourth-order valence-corrected chi connectivity index (χ4v) is 5.91. The lowest BCUT2D eigenvalue weighted by Crippen LogP contribution is -2.39. The molecule has 0 unspecified atom stereocenters. The standard InChI is InChI=1S/C30H37N3O2/c1-21(2)33-20-24(26-10-5-6-12-28(26)33)9-7-13-29(34)31-25-16-14-22(15-17-25)18-32-19-23-8-3-4-11-27(23)30(32)35/h3-6,8,10-12,20-22,25H,7,9,13-19H2,1-2H3,(H,31,34). The highest BCUT2D eigenvalue weighted by atomic mass is 16.2. The van der Waals surface area contributed by atoms with Crippen LogP contribution in [0.4, 0.5) is 0 Å². The second kappa shape index (κ2) is 10.3. The van der Waals surface area contributed by atoms with Gasteiger partial charge in [-0.1, -0.05) is 36.4 Å². The second-order valence-electron chi connectivity index (χ2n) is 10.7. The quantitative estimate of drug-likeness (QED) is 0.446. The number of rotatable bonds is 8. The van der Waals surface area contributed by atoms with E-state index in [-0.39, 0.29) is 17.9 Å². The number of nitrogens with zero attached hydrogens (tertiary/aromatic N) is 2. The van der Waals surface area contributed by atoms with Crippen molar-refractivity contribution in [1.29, 1.82) is 0 Å². The predicted molar refractivity (Wildman–Crippen MR) is 140 cm³/mol. The maximum Gasteiger partial charge on any atom is 0.254 e. The van der Waals surface area contributed by atoms with E-state index in [1.807, 2.05) is 23.1 Å². The number of nitrogens with one attached hydrogen (secondary N) is 1. The number of aromatic nitrogens is 1. The van der Waals surface area contributed by atoms with Crippen LogP contribution in [-0.2, 0) is 17.8 Å². The van der Waals surface area contributed by atoms with Crippen LogP contribution in [0, 0.1) is 5.92 Å². The summed E-state index contributed by atoms with van der Waals surface area (Å²) in [6.07, 6.45) is 8.78. The summed E-state index contributed by atoms with van der Waals surface area (Å²) in [4.78, 5) is 27.3. The highest BCUT2D eigenvalue weighted by molar-refractivity contribution is 5.98. The molecule has 35 heavy (non-hydrogen) atoms. The first-order valence-corrected chi connectivity index (χ1v) is 13.2. The molecule has 0 saturated heterocycles. The molecule has 184 valence electrons. The Labute approximate surface area is 208 Å². The van der Waals surface area contributed by atoms with Crippen LogP contribution < -0.4 is 5.32 Å². The average Bonchev–Trinajstić information content (AvgIpc) is 3.38. The summed E-state index contributed by atoms with van der Waals surface area (Å²) in [6.45, 7) is 5.99. The molecule has 2 amide bonds. The van der Waals surface area contributed by atoms with Gasteiger partial charge in [-0.3, -0.25) is 9.59 Å². The van der Waals surface area contributed by atoms with E-state index in [2.05, 4.69) is 60.3 Å². The largest absolute Gasteiger partial charge is 0.353 e. The third-order valence-corrected chi connectivity index (χ3v) is 7.82. The molecule has 0 spiro atoms. The van der Waals surface area contributed by atoms with Gasteiger partial charge in [-0.2, -0.15) is 0 Å². The van der Waals surface area contributed by atoms with E-state index in [1.165, 1.54) is 16.5 Å². The smallest absolute Gasteiger partial charge is 0.254 e. The van der Waals surface area contributed by atoms with Gasteiger partial charge < -0.3 is 14.8 Å². The summed E-state index contributed by atoms with van der Waals surface area (Å²) in [5, 5.41) is 4.58. The van der Waals surface area contributed by atoms with Crippen LogP contribution in [0.1, 0.15) is 79.9 Å². The zero-order valence-corrected chi connectivity index (χ0v) is 21.0. The van der Waals surface area contributed by atoms with Crippen LogP contribution in [0.25, 0.3) is 10.9 Å². The molecular weight excluding hydrogens is 434 g/mol. The Kier molecular flexibility index (Phi) is 6.94. The Balaban J connectivity index is 1.05. The topological polar surface area (TPSA) is 54.3 Å². The second-order valence-corrected chi connectivity index (χ2v) is 10.7. The highest BCUT2D eigenvalue weighted by Gasteiger charge is 2.30. The van der Waals surface area contributed by atoms with Gasteiger partial charge in [0.05, 0.1) is 0 Å². The number of hydrogen-bond acceptors (Lipinski definition) is 2. The molecule has 0 atom stereocenters. The van der Waals surface area contributed by atoms with Crippen LogP contribution in [0.2, 0.25) is 0 Å². The van der Waals surface area contributed by atoms with Crippen LogP contribution in [-0.4, -0.2) is 33.9 Å². The molecule has 0 bridgehead atoms. The average molecular weight is 472 g/mol. The van der Waals surface area contributed by atoms with Crippen molar-refractivity contribution in [3.05, 3.63) is 71.4 Å². The first-order valence-electron chi connectivity index (χ1n) is 13.2. The van der Waals surface area contributed by atoms with Crippen molar-refractivity contribution in [2.45, 2.75) is 77.4 Å². The summed E-state index contributed by atoms with van der Waals surface area (Å²) in [6, 6.07) is 17.2. The summed E-state index contributed by atoms with van der Waals surface area (Å²) >= 11 is 0. The maximum absolute atomic E-state index is 12.7. The molecule has 0 radical (unpaired) electrons. The normalized spacial score (nSPS) is 20.0. The van der Waals surface area contributed by atoms with Gasteiger partial charge in [0.15, 0.2) is 0 Å². The van der Waals surface area contributed by atoms with Crippen molar-refractivity contribution in [3.63, 3.8) is 0 Å². The lowest BCUT2D eigenvalue weighted by molar-refractivity contribution is -0.122. The molecular formula is C30H37N3O2. The van der Waals surface area contributed by atoms with Gasteiger partial charge in [0.2, 0.25) is 5.91 Å². The van der Waals surface area contributed by atoms with E-state index in [0.717, 1.165) is 62.7 Å². The van der Waals surface area contributed by atoms with Gasteiger partial charge in [0, 0.05) is 54.3 Å². The molecule has 3 aromatic rings. The molecule has 5 rings (SSSR count). The number of carbonyl (C=O) groups excluding carboxylic acids is 2. The summed E-state index contributed by atoms with van der Waals surface area (Å²) < 4.78 is 2.33. The van der Waals surface area contributed by atoms with Gasteiger partial charge in [0.25, 0.3) is 5.91 Å². The van der Waals surface area contributed by atoms with E-state index in [9.17, 15) is 9.59 Å². The maximum atomic E-state index is 12.7. The fourth-order valence-electron chi connectivity index (χ4n) is 5.91. The lowest BCUT2D eigenvalue weighted by Gasteiger charge is -2.31. The van der Waals surface area contributed by atoms with Crippen LogP contribution in [0.3, 0.4) is 0 Å². The number of fused-ring (bicyclic) bond motifs is 2. The minimum absolute atomic E-state index is 0.172. The molecule has 1 aromatic heterocycles. The van der Waals surface area contributed by atoms with E-state index >= 15 is 0 Å². The summed E-state index contributed by atoms with van der Waals surface area (Å²) in [7, 11) is 0. The Hall–Kier alpha value is -3.08. The third kappa shape index (κ3) is 5.14. The van der Waals surface area contributed by atoms with Crippen LogP contribution in [0.15, 0.2) is 54.7 Å². The van der Waals surface area contributed by atoms with Gasteiger partial charge in [0.1, 0.15) is 0 Å². The molecule has 2 heterocycles. The number of carbonyl (C=O) groups is 2. The summed E-state index contributed by atoms with van der Waals surface area (Å²) in [5.41, 5.74) is 4.62. The molecule has 1 aliphatic heterocycles. The molecule has 2 aromatic carbocycles. The van der Waals surface area contributed by atoms with Crippen molar-refractivity contribution < 1.29 is 9.59 Å². The Morgan fingerprint density at radius 1 is 1.03 bits per heavy atom. The zero-order valence-electron chi connectivity index (χ0n) is 21.0. The van der Waals surface area contributed by atoms with Crippen molar-refractivity contribution in [2.75, 3.05) is 6.54 Å². The molecule has 1 saturated carbocycles. The number of hydrogen-bond donors (Lipinski definition) is 1. The van der Waals surface area contributed by atoms with Crippen molar-refractivity contribution in [2.24, 2.45) is 5.92 Å². The SMILES string of the molecule is CC(C)n1cc(CCCC(=O)NC2CCC(CN3Cc4ccccc4C3=O)CC2)c2ccccc21. The van der Waals surface area contributed by atoms with Gasteiger partial charge >= 0.3 is 0 Å². The van der Waals surface area contributed by atoms with Crippen molar-refractivity contribution in [1.82, 2.24) is 14.8 Å². The number of benzene rings is 2. The molecule has 1 N–H and O–H groups in total. The van der Waals surface area contributed by atoms with Crippen molar-refractivity contribution in [3.8, 4) is 0 Å². The highest BCUT2D eigenvalue weighted by Crippen LogP contribution is 2.30. The first kappa shape index (κ1) is 23.7. The van der Waals surface area contributed by atoms with Crippen LogP contribution >= 0.6 is 0 Å². The Morgan fingerprint density at radius 3 is 2.54 bits per heavy atom.